The molecule has 0 atom stereocenters. The van der Waals surface area contributed by atoms with Crippen LogP contribution in [0.2, 0.25) is 0 Å². The van der Waals surface area contributed by atoms with Crippen molar-refractivity contribution in [1.82, 2.24) is 0 Å². The van der Waals surface area contributed by atoms with Gasteiger partial charge in [0.25, 0.3) is 11.6 Å². The number of nitrogens with one attached hydrogen (secondary N) is 1. The van der Waals surface area contributed by atoms with Gasteiger partial charge >= 0.3 is 0 Å². The van der Waals surface area contributed by atoms with Crippen LogP contribution >= 0.6 is 0 Å². The molecule has 154 valence electrons. The third-order valence-corrected chi connectivity index (χ3v) is 5.09. The molecule has 2 aromatic rings. The fourth-order valence-electron chi connectivity index (χ4n) is 3.24. The van der Waals surface area contributed by atoms with Gasteiger partial charge in [0.2, 0.25) is 0 Å². The number of nitro groups is 1. The minimum atomic E-state index is -0.564. The van der Waals surface area contributed by atoms with Crippen molar-refractivity contribution in [1.29, 1.82) is 5.26 Å². The predicted molar refractivity (Wildman–Crippen MR) is 114 cm³/mol. The van der Waals surface area contributed by atoms with Gasteiger partial charge < -0.3 is 15.0 Å². The van der Waals surface area contributed by atoms with Crippen molar-refractivity contribution < 1.29 is 14.5 Å². The fraction of sp³-hybridized carbons (Fsp3) is 0.273. The number of carbonyl (C=O) groups is 1. The Morgan fingerprint density at radius 2 is 2.00 bits per heavy atom. The minimum absolute atomic E-state index is 0.106. The standard InChI is InChI=1S/C22H22N4O4/c1-15-4-3-5-20(16(15)2)24-22(27)18(14-23)12-17-13-19(26(28)29)6-7-21(17)25-8-10-30-11-9-25/h3-7,12-13H,8-11H2,1-2H3,(H,24,27)/b18-12+. The van der Waals surface area contributed by atoms with Gasteiger partial charge in [0, 0.05) is 42.2 Å². The fourth-order valence-corrected chi connectivity index (χ4v) is 3.24. The third kappa shape index (κ3) is 4.64. The number of ether oxygens (including phenoxy) is 1. The Balaban J connectivity index is 1.97. The van der Waals surface area contributed by atoms with E-state index in [4.69, 9.17) is 4.74 Å². The number of rotatable bonds is 5. The number of anilines is 2. The molecule has 3 rings (SSSR count). The molecule has 0 saturated carbocycles. The molecule has 0 bridgehead atoms. The van der Waals surface area contributed by atoms with Crippen LogP contribution < -0.4 is 10.2 Å². The van der Waals surface area contributed by atoms with Gasteiger partial charge in [0.1, 0.15) is 11.6 Å². The first-order chi connectivity index (χ1) is 14.4. The van der Waals surface area contributed by atoms with Crippen LogP contribution in [-0.4, -0.2) is 37.1 Å². The summed E-state index contributed by atoms with van der Waals surface area (Å²) < 4.78 is 5.37. The number of benzene rings is 2. The Bertz CT molecular complexity index is 1050. The van der Waals surface area contributed by atoms with Gasteiger partial charge in [-0.15, -0.1) is 0 Å². The molecule has 0 unspecified atom stereocenters. The van der Waals surface area contributed by atoms with Crippen LogP contribution in [0.4, 0.5) is 17.1 Å². The van der Waals surface area contributed by atoms with Crippen molar-refractivity contribution in [3.8, 4) is 6.07 Å². The number of hydrogen-bond acceptors (Lipinski definition) is 6. The van der Waals surface area contributed by atoms with Crippen molar-refractivity contribution in [3.05, 3.63) is 68.8 Å². The number of nitrogens with zero attached hydrogens (tertiary/aromatic N) is 3. The average molecular weight is 406 g/mol. The van der Waals surface area contributed by atoms with E-state index in [1.165, 1.54) is 18.2 Å². The highest BCUT2D eigenvalue weighted by Gasteiger charge is 2.19. The molecule has 1 amide bonds. The zero-order chi connectivity index (χ0) is 21.7. The van der Waals surface area contributed by atoms with E-state index in [9.17, 15) is 20.2 Å². The van der Waals surface area contributed by atoms with E-state index in [1.54, 1.807) is 12.1 Å². The van der Waals surface area contributed by atoms with Gasteiger partial charge in [0.15, 0.2) is 0 Å². The second-order valence-electron chi connectivity index (χ2n) is 6.97. The summed E-state index contributed by atoms with van der Waals surface area (Å²) in [5, 5.41) is 23.6. The Hall–Kier alpha value is -3.70. The van der Waals surface area contributed by atoms with E-state index in [1.807, 2.05) is 36.9 Å². The van der Waals surface area contributed by atoms with Crippen LogP contribution in [0.25, 0.3) is 6.08 Å². The number of morpholine rings is 1. The Morgan fingerprint density at radius 1 is 1.27 bits per heavy atom. The molecule has 1 heterocycles. The number of hydrogen-bond donors (Lipinski definition) is 1. The highest BCUT2D eigenvalue weighted by molar-refractivity contribution is 6.10. The summed E-state index contributed by atoms with van der Waals surface area (Å²) in [6.45, 7) is 6.14. The van der Waals surface area contributed by atoms with Crippen molar-refractivity contribution in [3.63, 3.8) is 0 Å². The van der Waals surface area contributed by atoms with Gasteiger partial charge in [-0.25, -0.2) is 0 Å². The van der Waals surface area contributed by atoms with Gasteiger partial charge in [-0.3, -0.25) is 14.9 Å². The number of nitriles is 1. The summed E-state index contributed by atoms with van der Waals surface area (Å²) in [5.41, 5.74) is 3.47. The van der Waals surface area contributed by atoms with Crippen LogP contribution in [0, 0.1) is 35.3 Å². The summed E-state index contributed by atoms with van der Waals surface area (Å²) in [6, 6.07) is 11.9. The molecule has 0 aliphatic carbocycles. The van der Waals surface area contributed by atoms with E-state index in [-0.39, 0.29) is 11.3 Å². The quantitative estimate of drug-likeness (QED) is 0.352. The van der Waals surface area contributed by atoms with E-state index >= 15 is 0 Å². The first kappa shape index (κ1) is 21.0. The second-order valence-corrected chi connectivity index (χ2v) is 6.97. The Kier molecular flexibility index (Phi) is 6.45. The van der Waals surface area contributed by atoms with Gasteiger partial charge in [0.05, 0.1) is 18.1 Å². The minimum Gasteiger partial charge on any atom is -0.378 e. The lowest BCUT2D eigenvalue weighted by atomic mass is 10.1. The van der Waals surface area contributed by atoms with Crippen LogP contribution in [0.15, 0.2) is 42.0 Å². The molecule has 0 radical (unpaired) electrons. The highest BCUT2D eigenvalue weighted by Crippen LogP contribution is 2.29. The summed E-state index contributed by atoms with van der Waals surface area (Å²) in [7, 11) is 0. The summed E-state index contributed by atoms with van der Waals surface area (Å²) in [6.07, 6.45) is 1.40. The molecule has 0 aromatic heterocycles. The Morgan fingerprint density at radius 3 is 2.67 bits per heavy atom. The van der Waals surface area contributed by atoms with Crippen molar-refractivity contribution in [2.75, 3.05) is 36.5 Å². The monoisotopic (exact) mass is 406 g/mol. The zero-order valence-electron chi connectivity index (χ0n) is 16.8. The van der Waals surface area contributed by atoms with Gasteiger partial charge in [-0.1, -0.05) is 12.1 Å². The highest BCUT2D eigenvalue weighted by atomic mass is 16.6. The lowest BCUT2D eigenvalue weighted by Crippen LogP contribution is -2.36. The van der Waals surface area contributed by atoms with E-state index in [0.29, 0.717) is 37.6 Å². The van der Waals surface area contributed by atoms with Crippen LogP contribution in [0.1, 0.15) is 16.7 Å². The topological polar surface area (TPSA) is 108 Å². The average Bonchev–Trinajstić information content (AvgIpc) is 2.75. The molecule has 8 heteroatoms. The molecule has 1 aliphatic rings. The van der Waals surface area contributed by atoms with Crippen molar-refractivity contribution in [2.45, 2.75) is 13.8 Å². The molecule has 1 N–H and O–H groups in total. The first-order valence-corrected chi connectivity index (χ1v) is 9.51. The molecule has 30 heavy (non-hydrogen) atoms. The van der Waals surface area contributed by atoms with Crippen LogP contribution in [-0.2, 0) is 9.53 Å². The molecular formula is C22H22N4O4. The molecule has 0 spiro atoms. The summed E-state index contributed by atoms with van der Waals surface area (Å²) in [5.74, 6) is -0.564. The smallest absolute Gasteiger partial charge is 0.270 e. The maximum Gasteiger partial charge on any atom is 0.270 e. The number of aryl methyl sites for hydroxylation is 1. The number of nitro benzene ring substituents is 1. The maximum atomic E-state index is 12.7. The lowest BCUT2D eigenvalue weighted by molar-refractivity contribution is -0.384. The molecule has 8 nitrogen and oxygen atoms in total. The molecule has 1 fully saturated rings. The summed E-state index contributed by atoms with van der Waals surface area (Å²) in [4.78, 5) is 25.5. The number of amides is 1. The first-order valence-electron chi connectivity index (χ1n) is 9.51. The molecule has 1 aliphatic heterocycles. The molecule has 2 aromatic carbocycles. The normalized spacial score (nSPS) is 14.2. The predicted octanol–water partition coefficient (Wildman–Crippen LogP) is 3.59. The molecular weight excluding hydrogens is 384 g/mol. The van der Waals surface area contributed by atoms with E-state index in [0.717, 1.165) is 16.8 Å². The largest absolute Gasteiger partial charge is 0.378 e. The van der Waals surface area contributed by atoms with Crippen molar-refractivity contribution in [2.24, 2.45) is 0 Å². The number of non-ortho nitro benzene ring substituents is 1. The maximum absolute atomic E-state index is 12.7. The SMILES string of the molecule is Cc1cccc(NC(=O)/C(C#N)=C/c2cc([N+](=O)[O-])ccc2N2CCOCC2)c1C. The second kappa shape index (κ2) is 9.20. The van der Waals surface area contributed by atoms with Gasteiger partial charge in [-0.05, 0) is 43.2 Å². The molecule has 1 saturated heterocycles. The van der Waals surface area contributed by atoms with E-state index < -0.39 is 10.8 Å². The van der Waals surface area contributed by atoms with Crippen molar-refractivity contribution >= 4 is 29.0 Å². The summed E-state index contributed by atoms with van der Waals surface area (Å²) >= 11 is 0. The lowest BCUT2D eigenvalue weighted by Gasteiger charge is -2.30. The zero-order valence-corrected chi connectivity index (χ0v) is 16.8. The Labute approximate surface area is 174 Å². The third-order valence-electron chi connectivity index (χ3n) is 5.09. The van der Waals surface area contributed by atoms with Crippen LogP contribution in [0.3, 0.4) is 0 Å². The van der Waals surface area contributed by atoms with E-state index in [2.05, 4.69) is 5.32 Å². The van der Waals surface area contributed by atoms with Gasteiger partial charge in [-0.2, -0.15) is 5.26 Å². The number of carbonyl (C=O) groups excluding carboxylic acids is 1. The van der Waals surface area contributed by atoms with Crippen LogP contribution in [0.5, 0.6) is 0 Å².